The first kappa shape index (κ1) is 16.4. The minimum Gasteiger partial charge on any atom is -0.486 e. The number of amides is 1. The largest absolute Gasteiger partial charge is 0.486 e. The summed E-state index contributed by atoms with van der Waals surface area (Å²) in [5, 5.41) is 9.62. The SMILES string of the molecule is O=C(O)[C@@H]1CN(C(=O)c2cccc3c2OCCO3)C[C@@H]1c1ccccc1. The van der Waals surface area contributed by atoms with Crippen LogP contribution >= 0.6 is 0 Å². The van der Waals surface area contributed by atoms with E-state index in [1.807, 2.05) is 30.3 Å². The van der Waals surface area contributed by atoms with Crippen LogP contribution in [0.4, 0.5) is 0 Å². The lowest BCUT2D eigenvalue weighted by molar-refractivity contribution is -0.141. The summed E-state index contributed by atoms with van der Waals surface area (Å²) >= 11 is 0. The highest BCUT2D eigenvalue weighted by molar-refractivity contribution is 5.98. The third-order valence-corrected chi connectivity index (χ3v) is 4.95. The van der Waals surface area contributed by atoms with Gasteiger partial charge in [0, 0.05) is 19.0 Å². The average Bonchev–Trinajstić information content (AvgIpc) is 3.13. The van der Waals surface area contributed by atoms with Crippen molar-refractivity contribution in [3.63, 3.8) is 0 Å². The first-order valence-corrected chi connectivity index (χ1v) is 8.61. The predicted octanol–water partition coefficient (Wildman–Crippen LogP) is 2.40. The van der Waals surface area contributed by atoms with Crippen molar-refractivity contribution >= 4 is 11.9 Å². The Morgan fingerprint density at radius 1 is 0.962 bits per heavy atom. The minimum atomic E-state index is -0.885. The Labute approximate surface area is 151 Å². The van der Waals surface area contributed by atoms with Gasteiger partial charge in [0.15, 0.2) is 11.5 Å². The van der Waals surface area contributed by atoms with Crippen molar-refractivity contribution in [1.82, 2.24) is 4.90 Å². The van der Waals surface area contributed by atoms with E-state index >= 15 is 0 Å². The monoisotopic (exact) mass is 353 g/mol. The van der Waals surface area contributed by atoms with E-state index in [9.17, 15) is 14.7 Å². The third-order valence-electron chi connectivity index (χ3n) is 4.95. The standard InChI is InChI=1S/C20H19NO5/c22-19(14-7-4-8-17-18(14)26-10-9-25-17)21-11-15(16(12-21)20(23)24)13-5-2-1-3-6-13/h1-8,15-16H,9-12H2,(H,23,24)/t15-,16-/m1/s1. The van der Waals surface area contributed by atoms with Crippen LogP contribution in [-0.2, 0) is 4.79 Å². The minimum absolute atomic E-state index is 0.179. The molecule has 26 heavy (non-hydrogen) atoms. The van der Waals surface area contributed by atoms with Crippen LogP contribution in [0.5, 0.6) is 11.5 Å². The Hall–Kier alpha value is -3.02. The number of carbonyl (C=O) groups is 2. The van der Waals surface area contributed by atoms with Gasteiger partial charge in [0.05, 0.1) is 11.5 Å². The lowest BCUT2D eigenvalue weighted by Crippen LogP contribution is -2.31. The molecule has 0 radical (unpaired) electrons. The second kappa shape index (κ2) is 6.71. The lowest BCUT2D eigenvalue weighted by atomic mass is 9.89. The summed E-state index contributed by atoms with van der Waals surface area (Å²) in [6.45, 7) is 1.38. The van der Waals surface area contributed by atoms with Gasteiger partial charge in [-0.1, -0.05) is 36.4 Å². The van der Waals surface area contributed by atoms with Crippen molar-refractivity contribution in [2.24, 2.45) is 5.92 Å². The Morgan fingerprint density at radius 3 is 2.50 bits per heavy atom. The summed E-state index contributed by atoms with van der Waals surface area (Å²) in [5.74, 6) is -0.970. The number of hydrogen-bond acceptors (Lipinski definition) is 4. The van der Waals surface area contributed by atoms with Crippen LogP contribution in [0.3, 0.4) is 0 Å². The van der Waals surface area contributed by atoms with E-state index in [2.05, 4.69) is 0 Å². The molecule has 0 saturated carbocycles. The molecular formula is C20H19NO5. The molecule has 0 aliphatic carbocycles. The number of benzene rings is 2. The van der Waals surface area contributed by atoms with Crippen molar-refractivity contribution in [3.8, 4) is 11.5 Å². The van der Waals surface area contributed by atoms with Crippen LogP contribution in [0.25, 0.3) is 0 Å². The smallest absolute Gasteiger partial charge is 0.308 e. The van der Waals surface area contributed by atoms with Crippen molar-refractivity contribution in [1.29, 1.82) is 0 Å². The van der Waals surface area contributed by atoms with Crippen LogP contribution in [0.2, 0.25) is 0 Å². The van der Waals surface area contributed by atoms with Crippen LogP contribution in [0, 0.1) is 5.92 Å². The molecule has 1 fully saturated rings. The van der Waals surface area contributed by atoms with E-state index < -0.39 is 11.9 Å². The zero-order chi connectivity index (χ0) is 18.1. The molecule has 2 aliphatic heterocycles. The van der Waals surface area contributed by atoms with E-state index in [1.165, 1.54) is 0 Å². The second-order valence-electron chi connectivity index (χ2n) is 6.50. The van der Waals surface area contributed by atoms with Gasteiger partial charge in [-0.25, -0.2) is 0 Å². The molecule has 0 spiro atoms. The fraction of sp³-hybridized carbons (Fsp3) is 0.300. The number of ether oxygens (including phenoxy) is 2. The average molecular weight is 353 g/mol. The van der Waals surface area contributed by atoms with E-state index in [4.69, 9.17) is 9.47 Å². The summed E-state index contributed by atoms with van der Waals surface area (Å²) in [4.78, 5) is 26.4. The predicted molar refractivity (Wildman–Crippen MR) is 93.6 cm³/mol. The number of aliphatic carboxylic acids is 1. The van der Waals surface area contributed by atoms with Gasteiger partial charge in [0.25, 0.3) is 5.91 Å². The molecule has 0 aromatic heterocycles. The van der Waals surface area contributed by atoms with Crippen molar-refractivity contribution in [2.75, 3.05) is 26.3 Å². The van der Waals surface area contributed by atoms with Gasteiger partial charge < -0.3 is 19.5 Å². The topological polar surface area (TPSA) is 76.1 Å². The van der Waals surface area contributed by atoms with Crippen molar-refractivity contribution in [2.45, 2.75) is 5.92 Å². The molecule has 2 aromatic carbocycles. The molecule has 0 unspecified atom stereocenters. The first-order valence-electron chi connectivity index (χ1n) is 8.61. The number of carboxylic acids is 1. The number of para-hydroxylation sites is 1. The van der Waals surface area contributed by atoms with Crippen LogP contribution in [0.15, 0.2) is 48.5 Å². The zero-order valence-electron chi connectivity index (χ0n) is 14.1. The molecule has 1 saturated heterocycles. The third kappa shape index (κ3) is 2.87. The van der Waals surface area contributed by atoms with E-state index in [1.54, 1.807) is 23.1 Å². The summed E-state index contributed by atoms with van der Waals surface area (Å²) in [6, 6.07) is 14.7. The molecular weight excluding hydrogens is 334 g/mol. The normalized spacial score (nSPS) is 21.5. The fourth-order valence-corrected chi connectivity index (χ4v) is 3.67. The number of hydrogen-bond donors (Lipinski definition) is 1. The molecule has 4 rings (SSSR count). The molecule has 134 valence electrons. The fourth-order valence-electron chi connectivity index (χ4n) is 3.67. The summed E-state index contributed by atoms with van der Waals surface area (Å²) in [5.41, 5.74) is 1.35. The molecule has 2 aliphatic rings. The highest BCUT2D eigenvalue weighted by atomic mass is 16.6. The molecule has 6 heteroatoms. The quantitative estimate of drug-likeness (QED) is 0.917. The van der Waals surface area contributed by atoms with E-state index in [0.717, 1.165) is 5.56 Å². The highest BCUT2D eigenvalue weighted by Crippen LogP contribution is 2.37. The van der Waals surface area contributed by atoms with Gasteiger partial charge in [-0.2, -0.15) is 0 Å². The maximum absolute atomic E-state index is 13.1. The number of rotatable bonds is 3. The number of carbonyl (C=O) groups excluding carboxylic acids is 1. The Kier molecular flexibility index (Phi) is 4.24. The second-order valence-corrected chi connectivity index (χ2v) is 6.50. The number of carboxylic acid groups (broad SMARTS) is 1. The van der Waals surface area contributed by atoms with Gasteiger partial charge in [0.2, 0.25) is 0 Å². The maximum Gasteiger partial charge on any atom is 0.308 e. The van der Waals surface area contributed by atoms with Gasteiger partial charge in [-0.15, -0.1) is 0 Å². The highest BCUT2D eigenvalue weighted by Gasteiger charge is 2.41. The molecule has 2 aromatic rings. The van der Waals surface area contributed by atoms with Crippen LogP contribution in [0.1, 0.15) is 21.8 Å². The Balaban J connectivity index is 1.63. The maximum atomic E-state index is 13.1. The molecule has 1 amide bonds. The summed E-state index contributed by atoms with van der Waals surface area (Å²) < 4.78 is 11.2. The molecule has 2 heterocycles. The van der Waals surface area contributed by atoms with Crippen LogP contribution in [-0.4, -0.2) is 48.2 Å². The molecule has 6 nitrogen and oxygen atoms in total. The van der Waals surface area contributed by atoms with Crippen molar-refractivity contribution < 1.29 is 24.2 Å². The Morgan fingerprint density at radius 2 is 1.73 bits per heavy atom. The molecule has 1 N–H and O–H groups in total. The first-order chi connectivity index (χ1) is 12.6. The van der Waals surface area contributed by atoms with E-state index in [0.29, 0.717) is 36.8 Å². The van der Waals surface area contributed by atoms with Gasteiger partial charge in [-0.3, -0.25) is 9.59 Å². The van der Waals surface area contributed by atoms with Gasteiger partial charge in [0.1, 0.15) is 13.2 Å². The van der Waals surface area contributed by atoms with Gasteiger partial charge >= 0.3 is 5.97 Å². The molecule has 0 bridgehead atoms. The van der Waals surface area contributed by atoms with Crippen LogP contribution < -0.4 is 9.47 Å². The zero-order valence-corrected chi connectivity index (χ0v) is 14.1. The van der Waals surface area contributed by atoms with Crippen molar-refractivity contribution in [3.05, 3.63) is 59.7 Å². The lowest BCUT2D eigenvalue weighted by Gasteiger charge is -2.23. The van der Waals surface area contributed by atoms with E-state index in [-0.39, 0.29) is 18.4 Å². The number of nitrogens with zero attached hydrogens (tertiary/aromatic N) is 1. The number of fused-ring (bicyclic) bond motifs is 1. The summed E-state index contributed by atoms with van der Waals surface area (Å²) in [7, 11) is 0. The van der Waals surface area contributed by atoms with Gasteiger partial charge in [-0.05, 0) is 17.7 Å². The summed E-state index contributed by atoms with van der Waals surface area (Å²) in [6.07, 6.45) is 0. The molecule has 2 atom stereocenters. The Bertz CT molecular complexity index is 835. The number of likely N-dealkylation sites (tertiary alicyclic amines) is 1.